The van der Waals surface area contributed by atoms with E-state index in [1.165, 1.54) is 24.8 Å². The van der Waals surface area contributed by atoms with Crippen molar-refractivity contribution in [3.05, 3.63) is 47.6 Å². The Morgan fingerprint density at radius 3 is 2.84 bits per heavy atom. The van der Waals surface area contributed by atoms with E-state index in [9.17, 15) is 0 Å². The predicted octanol–water partition coefficient (Wildman–Crippen LogP) is 3.51. The molecule has 2 aliphatic carbocycles. The highest BCUT2D eigenvalue weighted by molar-refractivity contribution is 5.25. The molecule has 0 bridgehead atoms. The monoisotopic (exact) mass is 339 g/mol. The first-order chi connectivity index (χ1) is 12.3. The Morgan fingerprint density at radius 2 is 2.04 bits per heavy atom. The van der Waals surface area contributed by atoms with Crippen LogP contribution in [-0.2, 0) is 4.74 Å². The number of morpholine rings is 1. The fourth-order valence-electron chi connectivity index (χ4n) is 4.18. The molecule has 1 aromatic heterocycles. The van der Waals surface area contributed by atoms with Crippen molar-refractivity contribution in [2.24, 2.45) is 5.92 Å². The smallest absolute Gasteiger partial charge is 0.246 e. The van der Waals surface area contributed by atoms with Crippen LogP contribution in [0.5, 0.6) is 0 Å². The molecule has 5 heteroatoms. The Hall–Kier alpha value is -1.72. The molecule has 3 fully saturated rings. The Morgan fingerprint density at radius 1 is 1.20 bits per heavy atom. The first kappa shape index (κ1) is 15.5. The standard InChI is InChI=1S/C20H25N3O2/c1-13-18(20-21-19(22-25-20)15-7-8-15)23(9-10-24-13)12-16-11-17(16)14-5-3-2-4-6-14/h2-6,13,15-18H,7-12H2,1H3/t13-,16+,17+,18+/m1/s1. The van der Waals surface area contributed by atoms with Crippen molar-refractivity contribution < 1.29 is 9.26 Å². The fourth-order valence-corrected chi connectivity index (χ4v) is 4.18. The third kappa shape index (κ3) is 3.11. The number of benzene rings is 1. The minimum Gasteiger partial charge on any atom is -0.375 e. The molecule has 0 radical (unpaired) electrons. The first-order valence-electron chi connectivity index (χ1n) is 9.53. The summed E-state index contributed by atoms with van der Waals surface area (Å²) in [7, 11) is 0. The maximum Gasteiger partial charge on any atom is 0.246 e. The molecule has 25 heavy (non-hydrogen) atoms. The topological polar surface area (TPSA) is 51.4 Å². The summed E-state index contributed by atoms with van der Waals surface area (Å²) in [6.07, 6.45) is 3.76. The van der Waals surface area contributed by atoms with Gasteiger partial charge in [0.15, 0.2) is 5.82 Å². The summed E-state index contributed by atoms with van der Waals surface area (Å²) in [5.41, 5.74) is 1.47. The van der Waals surface area contributed by atoms with Gasteiger partial charge >= 0.3 is 0 Å². The number of nitrogens with zero attached hydrogens (tertiary/aromatic N) is 3. The van der Waals surface area contributed by atoms with Gasteiger partial charge in [0.25, 0.3) is 0 Å². The molecule has 0 spiro atoms. The quantitative estimate of drug-likeness (QED) is 0.834. The molecule has 2 saturated carbocycles. The van der Waals surface area contributed by atoms with Crippen molar-refractivity contribution in [2.75, 3.05) is 19.7 Å². The van der Waals surface area contributed by atoms with E-state index in [4.69, 9.17) is 14.2 Å². The van der Waals surface area contributed by atoms with Crippen LogP contribution in [-0.4, -0.2) is 40.8 Å². The maximum atomic E-state index is 5.90. The van der Waals surface area contributed by atoms with Crippen LogP contribution in [0.15, 0.2) is 34.9 Å². The van der Waals surface area contributed by atoms with Gasteiger partial charge in [-0.2, -0.15) is 4.98 Å². The van der Waals surface area contributed by atoms with Crippen LogP contribution in [0.25, 0.3) is 0 Å². The van der Waals surface area contributed by atoms with Gasteiger partial charge in [0, 0.05) is 19.0 Å². The average molecular weight is 339 g/mol. The number of hydrogen-bond acceptors (Lipinski definition) is 5. The van der Waals surface area contributed by atoms with E-state index < -0.39 is 0 Å². The first-order valence-corrected chi connectivity index (χ1v) is 9.53. The lowest BCUT2D eigenvalue weighted by molar-refractivity contribution is -0.0744. The molecule has 132 valence electrons. The van der Waals surface area contributed by atoms with E-state index in [-0.39, 0.29) is 12.1 Å². The molecule has 5 nitrogen and oxygen atoms in total. The van der Waals surface area contributed by atoms with Gasteiger partial charge in [0.1, 0.15) is 6.04 Å². The van der Waals surface area contributed by atoms with Crippen LogP contribution >= 0.6 is 0 Å². The minimum absolute atomic E-state index is 0.0887. The molecule has 0 N–H and O–H groups in total. The van der Waals surface area contributed by atoms with E-state index in [0.29, 0.717) is 11.8 Å². The van der Waals surface area contributed by atoms with Crippen LogP contribution < -0.4 is 0 Å². The van der Waals surface area contributed by atoms with E-state index >= 15 is 0 Å². The molecule has 3 aliphatic rings. The lowest BCUT2D eigenvalue weighted by Crippen LogP contribution is -2.45. The van der Waals surface area contributed by atoms with Gasteiger partial charge in [0.05, 0.1) is 12.7 Å². The number of ether oxygens (including phenoxy) is 1. The normalized spacial score (nSPS) is 32.7. The van der Waals surface area contributed by atoms with Crippen molar-refractivity contribution >= 4 is 0 Å². The van der Waals surface area contributed by atoms with Crippen molar-refractivity contribution in [3.8, 4) is 0 Å². The fraction of sp³-hybridized carbons (Fsp3) is 0.600. The van der Waals surface area contributed by atoms with Gasteiger partial charge in [-0.15, -0.1) is 0 Å². The maximum absolute atomic E-state index is 5.90. The number of rotatable bonds is 5. The van der Waals surface area contributed by atoms with Gasteiger partial charge in [0.2, 0.25) is 5.89 Å². The molecule has 2 heterocycles. The van der Waals surface area contributed by atoms with Gasteiger partial charge in [-0.25, -0.2) is 0 Å². The molecule has 1 saturated heterocycles. The largest absolute Gasteiger partial charge is 0.375 e. The molecule has 2 aromatic rings. The predicted molar refractivity (Wildman–Crippen MR) is 93.3 cm³/mol. The summed E-state index contributed by atoms with van der Waals surface area (Å²) in [6.45, 7) is 4.93. The Kier molecular flexibility index (Phi) is 3.86. The van der Waals surface area contributed by atoms with Gasteiger partial charge < -0.3 is 9.26 Å². The minimum atomic E-state index is 0.0887. The summed E-state index contributed by atoms with van der Waals surface area (Å²) in [5.74, 6) is 3.58. The molecule has 1 aliphatic heterocycles. The van der Waals surface area contributed by atoms with E-state index in [1.54, 1.807) is 0 Å². The molecule has 1 aromatic carbocycles. The van der Waals surface area contributed by atoms with Crippen LogP contribution in [0, 0.1) is 5.92 Å². The van der Waals surface area contributed by atoms with Gasteiger partial charge in [-0.1, -0.05) is 35.5 Å². The highest BCUT2D eigenvalue weighted by Crippen LogP contribution is 2.49. The van der Waals surface area contributed by atoms with Crippen LogP contribution in [0.1, 0.15) is 61.3 Å². The lowest BCUT2D eigenvalue weighted by Gasteiger charge is -2.37. The zero-order chi connectivity index (χ0) is 16.8. The highest BCUT2D eigenvalue weighted by Gasteiger charge is 2.43. The van der Waals surface area contributed by atoms with Crippen molar-refractivity contribution in [3.63, 3.8) is 0 Å². The second-order valence-electron chi connectivity index (χ2n) is 7.79. The summed E-state index contributed by atoms with van der Waals surface area (Å²) in [6, 6.07) is 11.0. The number of aromatic nitrogens is 2. The third-order valence-corrected chi connectivity index (χ3v) is 5.87. The second kappa shape index (κ2) is 6.22. The summed E-state index contributed by atoms with van der Waals surface area (Å²) < 4.78 is 11.5. The third-order valence-electron chi connectivity index (χ3n) is 5.87. The Balaban J connectivity index is 1.30. The average Bonchev–Trinajstić information content (AvgIpc) is 3.56. The van der Waals surface area contributed by atoms with Crippen LogP contribution in [0.3, 0.4) is 0 Å². The Bertz CT molecular complexity index is 728. The zero-order valence-corrected chi connectivity index (χ0v) is 14.7. The van der Waals surface area contributed by atoms with Crippen LogP contribution in [0.2, 0.25) is 0 Å². The molecular weight excluding hydrogens is 314 g/mol. The second-order valence-corrected chi connectivity index (χ2v) is 7.79. The molecule has 0 amide bonds. The van der Waals surface area contributed by atoms with Crippen molar-refractivity contribution in [1.29, 1.82) is 0 Å². The summed E-state index contributed by atoms with van der Waals surface area (Å²) in [5, 5.41) is 4.21. The SMILES string of the molecule is C[C@H]1OCCN(C[C@@H]2C[C@H]2c2ccccc2)[C@@H]1c1nc(C2CC2)no1. The van der Waals surface area contributed by atoms with Gasteiger partial charge in [-0.05, 0) is 43.6 Å². The van der Waals surface area contributed by atoms with E-state index in [2.05, 4.69) is 47.3 Å². The Labute approximate surface area is 148 Å². The molecule has 5 rings (SSSR count). The molecular formula is C20H25N3O2. The van der Waals surface area contributed by atoms with E-state index in [1.807, 2.05) is 0 Å². The molecule has 0 unspecified atom stereocenters. The molecule has 4 atom stereocenters. The van der Waals surface area contributed by atoms with Crippen molar-refractivity contribution in [2.45, 2.75) is 50.2 Å². The zero-order valence-electron chi connectivity index (χ0n) is 14.7. The van der Waals surface area contributed by atoms with Crippen molar-refractivity contribution in [1.82, 2.24) is 15.0 Å². The summed E-state index contributed by atoms with van der Waals surface area (Å²) in [4.78, 5) is 7.21. The lowest BCUT2D eigenvalue weighted by atomic mass is 10.1. The highest BCUT2D eigenvalue weighted by atomic mass is 16.5. The van der Waals surface area contributed by atoms with Gasteiger partial charge in [-0.3, -0.25) is 4.90 Å². The number of hydrogen-bond donors (Lipinski definition) is 0. The van der Waals surface area contributed by atoms with Crippen LogP contribution in [0.4, 0.5) is 0 Å². The summed E-state index contributed by atoms with van der Waals surface area (Å²) >= 11 is 0. The van der Waals surface area contributed by atoms with E-state index in [0.717, 1.165) is 37.3 Å².